The summed E-state index contributed by atoms with van der Waals surface area (Å²) in [6.07, 6.45) is 0.604. The SMILES string of the molecule is CC(CC(C=O)C(=O)CCO)C(=O)c1ccc(OCC#Cc2ccccc2)cc1. The van der Waals surface area contributed by atoms with Crippen LogP contribution in [0.5, 0.6) is 5.75 Å². The van der Waals surface area contributed by atoms with Gasteiger partial charge >= 0.3 is 0 Å². The van der Waals surface area contributed by atoms with Crippen LogP contribution in [0.1, 0.15) is 35.7 Å². The van der Waals surface area contributed by atoms with Gasteiger partial charge in [-0.15, -0.1) is 0 Å². The van der Waals surface area contributed by atoms with Gasteiger partial charge in [-0.3, -0.25) is 9.59 Å². The number of carbonyl (C=O) groups excluding carboxylic acids is 3. The Morgan fingerprint density at radius 2 is 1.79 bits per heavy atom. The molecular weight excluding hydrogens is 368 g/mol. The Bertz CT molecular complexity index is 875. The van der Waals surface area contributed by atoms with E-state index in [9.17, 15) is 14.4 Å². The van der Waals surface area contributed by atoms with Crippen molar-refractivity contribution in [1.29, 1.82) is 0 Å². The maximum atomic E-state index is 12.6. The topological polar surface area (TPSA) is 80.7 Å². The third-order valence-electron chi connectivity index (χ3n) is 4.45. The number of carbonyl (C=O) groups is 3. The van der Waals surface area contributed by atoms with Crippen molar-refractivity contribution in [2.24, 2.45) is 11.8 Å². The van der Waals surface area contributed by atoms with E-state index in [0.29, 0.717) is 17.6 Å². The Balaban J connectivity index is 1.89. The second-order valence-corrected chi connectivity index (χ2v) is 6.66. The van der Waals surface area contributed by atoms with Gasteiger partial charge in [-0.1, -0.05) is 37.0 Å². The van der Waals surface area contributed by atoms with E-state index in [1.165, 1.54) is 0 Å². The highest BCUT2D eigenvalue weighted by Gasteiger charge is 2.24. The van der Waals surface area contributed by atoms with Crippen LogP contribution in [0.2, 0.25) is 0 Å². The summed E-state index contributed by atoms with van der Waals surface area (Å²) in [5.41, 5.74) is 1.40. The molecule has 1 N–H and O–H groups in total. The number of ketones is 2. The van der Waals surface area contributed by atoms with Gasteiger partial charge in [-0.25, -0.2) is 0 Å². The number of rotatable bonds is 10. The summed E-state index contributed by atoms with van der Waals surface area (Å²) in [6, 6.07) is 16.3. The molecular formula is C24H24O5. The molecule has 0 aromatic heterocycles. The molecule has 0 saturated heterocycles. The zero-order valence-electron chi connectivity index (χ0n) is 16.3. The van der Waals surface area contributed by atoms with Crippen molar-refractivity contribution in [2.45, 2.75) is 19.8 Å². The number of hydrogen-bond acceptors (Lipinski definition) is 5. The lowest BCUT2D eigenvalue weighted by Crippen LogP contribution is -2.23. The van der Waals surface area contributed by atoms with Crippen molar-refractivity contribution in [3.8, 4) is 17.6 Å². The van der Waals surface area contributed by atoms with Crippen LogP contribution in [0.15, 0.2) is 54.6 Å². The van der Waals surface area contributed by atoms with Crippen LogP contribution in [-0.2, 0) is 9.59 Å². The van der Waals surface area contributed by atoms with E-state index < -0.39 is 11.8 Å². The first-order chi connectivity index (χ1) is 14.0. The summed E-state index contributed by atoms with van der Waals surface area (Å²) in [5, 5.41) is 8.84. The van der Waals surface area contributed by atoms with Gasteiger partial charge in [0.25, 0.3) is 0 Å². The van der Waals surface area contributed by atoms with Crippen LogP contribution < -0.4 is 4.74 Å². The minimum absolute atomic E-state index is 0.0798. The molecule has 150 valence electrons. The van der Waals surface area contributed by atoms with E-state index >= 15 is 0 Å². The standard InChI is InChI=1S/C24H24O5/c1-18(16-21(17-26)23(27)13-14-25)24(28)20-9-11-22(12-10-20)29-15-5-8-19-6-3-2-4-7-19/h2-4,6-7,9-12,17-18,21,25H,13-16H2,1H3. The fourth-order valence-electron chi connectivity index (χ4n) is 2.83. The van der Waals surface area contributed by atoms with Crippen molar-refractivity contribution in [2.75, 3.05) is 13.2 Å². The van der Waals surface area contributed by atoms with E-state index in [1.807, 2.05) is 30.3 Å². The smallest absolute Gasteiger partial charge is 0.165 e. The third kappa shape index (κ3) is 7.02. The van der Waals surface area contributed by atoms with Crippen LogP contribution in [-0.4, -0.2) is 36.2 Å². The highest BCUT2D eigenvalue weighted by molar-refractivity contribution is 5.99. The Labute approximate surface area is 170 Å². The van der Waals surface area contributed by atoms with E-state index in [4.69, 9.17) is 9.84 Å². The maximum Gasteiger partial charge on any atom is 0.165 e. The molecule has 0 bridgehead atoms. The largest absolute Gasteiger partial charge is 0.481 e. The van der Waals surface area contributed by atoms with E-state index in [2.05, 4.69) is 11.8 Å². The number of benzene rings is 2. The summed E-state index contributed by atoms with van der Waals surface area (Å²) in [6.45, 7) is 1.61. The van der Waals surface area contributed by atoms with Gasteiger partial charge in [-0.2, -0.15) is 0 Å². The summed E-state index contributed by atoms with van der Waals surface area (Å²) in [7, 11) is 0. The van der Waals surface area contributed by atoms with Crippen LogP contribution in [0.25, 0.3) is 0 Å². The van der Waals surface area contributed by atoms with Gasteiger partial charge in [0, 0.05) is 30.1 Å². The monoisotopic (exact) mass is 392 g/mol. The van der Waals surface area contributed by atoms with E-state index in [1.54, 1.807) is 31.2 Å². The molecule has 0 aliphatic rings. The molecule has 0 spiro atoms. The second kappa shape index (κ2) is 11.6. The molecule has 0 aliphatic carbocycles. The molecule has 2 atom stereocenters. The normalized spacial score (nSPS) is 12.2. The van der Waals surface area contributed by atoms with Gasteiger partial charge in [0.2, 0.25) is 0 Å². The van der Waals surface area contributed by atoms with Gasteiger partial charge < -0.3 is 14.6 Å². The fourth-order valence-corrected chi connectivity index (χ4v) is 2.83. The maximum absolute atomic E-state index is 12.6. The Hall–Kier alpha value is -3.23. The highest BCUT2D eigenvalue weighted by Crippen LogP contribution is 2.20. The van der Waals surface area contributed by atoms with Crippen molar-refractivity contribution >= 4 is 17.9 Å². The zero-order chi connectivity index (χ0) is 21.1. The molecule has 2 rings (SSSR count). The molecule has 5 nitrogen and oxygen atoms in total. The first-order valence-corrected chi connectivity index (χ1v) is 9.45. The van der Waals surface area contributed by atoms with E-state index in [0.717, 1.165) is 5.56 Å². The second-order valence-electron chi connectivity index (χ2n) is 6.66. The fraction of sp³-hybridized carbons (Fsp3) is 0.292. The lowest BCUT2D eigenvalue weighted by molar-refractivity contribution is -0.128. The van der Waals surface area contributed by atoms with Gasteiger partial charge in [-0.05, 0) is 42.8 Å². The summed E-state index contributed by atoms with van der Waals surface area (Å²) in [5.74, 6) is 4.68. The molecule has 2 aromatic carbocycles. The molecule has 0 saturated carbocycles. The predicted octanol–water partition coefficient (Wildman–Crippen LogP) is 3.09. The first kappa shape index (κ1) is 22.1. The first-order valence-electron chi connectivity index (χ1n) is 9.45. The average Bonchev–Trinajstić information content (AvgIpc) is 2.75. The third-order valence-corrected chi connectivity index (χ3v) is 4.45. The lowest BCUT2D eigenvalue weighted by atomic mass is 9.87. The number of hydrogen-bond donors (Lipinski definition) is 1. The van der Waals surface area contributed by atoms with Crippen molar-refractivity contribution in [1.82, 2.24) is 0 Å². The molecule has 0 radical (unpaired) electrons. The number of Topliss-reactive ketones (excluding diaryl/α,β-unsaturated/α-hetero) is 2. The summed E-state index contributed by atoms with van der Waals surface area (Å²) >= 11 is 0. The van der Waals surface area contributed by atoms with Gasteiger partial charge in [0.1, 0.15) is 24.4 Å². The van der Waals surface area contributed by atoms with Crippen LogP contribution in [0, 0.1) is 23.7 Å². The Morgan fingerprint density at radius 1 is 1.10 bits per heavy atom. The quantitative estimate of drug-likeness (QED) is 0.291. The molecule has 0 amide bonds. The zero-order valence-corrected chi connectivity index (χ0v) is 16.3. The number of aliphatic hydroxyl groups is 1. The molecule has 0 aliphatic heterocycles. The van der Waals surface area contributed by atoms with Crippen LogP contribution in [0.4, 0.5) is 0 Å². The van der Waals surface area contributed by atoms with Crippen molar-refractivity contribution in [3.63, 3.8) is 0 Å². The molecule has 29 heavy (non-hydrogen) atoms. The summed E-state index contributed by atoms with van der Waals surface area (Å²) < 4.78 is 5.56. The minimum atomic E-state index is -0.869. The summed E-state index contributed by atoms with van der Waals surface area (Å²) in [4.78, 5) is 35.5. The van der Waals surface area contributed by atoms with Crippen molar-refractivity contribution in [3.05, 3.63) is 65.7 Å². The highest BCUT2D eigenvalue weighted by atomic mass is 16.5. The Kier molecular flexibility index (Phi) is 8.81. The van der Waals surface area contributed by atoms with Crippen molar-refractivity contribution < 1.29 is 24.2 Å². The molecule has 0 fully saturated rings. The average molecular weight is 392 g/mol. The number of aldehydes is 1. The Morgan fingerprint density at radius 3 is 2.41 bits per heavy atom. The molecule has 5 heteroatoms. The molecule has 2 aromatic rings. The molecule has 2 unspecified atom stereocenters. The lowest BCUT2D eigenvalue weighted by Gasteiger charge is -2.14. The predicted molar refractivity (Wildman–Crippen MR) is 110 cm³/mol. The minimum Gasteiger partial charge on any atom is -0.481 e. The van der Waals surface area contributed by atoms with Crippen LogP contribution in [0.3, 0.4) is 0 Å². The van der Waals surface area contributed by atoms with Gasteiger partial charge in [0.05, 0.1) is 5.92 Å². The van der Waals surface area contributed by atoms with Gasteiger partial charge in [0.15, 0.2) is 5.78 Å². The molecule has 0 heterocycles. The number of aliphatic hydroxyl groups excluding tert-OH is 1. The number of ether oxygens (including phenoxy) is 1. The van der Waals surface area contributed by atoms with Crippen LogP contribution >= 0.6 is 0 Å². The van der Waals surface area contributed by atoms with E-state index in [-0.39, 0.29) is 37.6 Å².